The molecule has 2 heterocycles. The molecule has 0 aliphatic rings. The number of nitrogens with one attached hydrogen (secondary N) is 6. The van der Waals surface area contributed by atoms with Crippen LogP contribution in [0, 0.1) is 0 Å². The lowest BCUT2D eigenvalue weighted by molar-refractivity contribution is -0.123. The van der Waals surface area contributed by atoms with Crippen LogP contribution in [0.1, 0.15) is 51.7 Å². The Labute approximate surface area is 561 Å². The molecule has 0 atom stereocenters. The van der Waals surface area contributed by atoms with Gasteiger partial charge in [0.25, 0.3) is 80.9 Å². The molecule has 2 aromatic heterocycles. The van der Waals surface area contributed by atoms with E-state index in [0.29, 0.717) is 0 Å². The average Bonchev–Trinajstić information content (AvgIpc) is 0.806. The summed E-state index contributed by atoms with van der Waals surface area (Å²) in [6.45, 7) is 2.83. The van der Waals surface area contributed by atoms with Crippen molar-refractivity contribution < 1.29 is 113 Å². The summed E-state index contributed by atoms with van der Waals surface area (Å²) in [7, 11) is -38.6. The maximum Gasteiger partial charge on any atom is 0.295 e. The molecule has 0 radical (unpaired) electrons. The van der Waals surface area contributed by atoms with Crippen LogP contribution in [0.4, 0.5) is 58.4 Å². The normalized spacial score (nSPS) is 13.0. The molecule has 0 saturated heterocycles. The van der Waals surface area contributed by atoms with E-state index in [9.17, 15) is 113 Å². The molecular weight excluding hydrogens is 1470 g/mol. The standard InChI is InChI=1S/C50H62N14O26S8/c1-49(2,29-93(73,74)75)61-41(65)19-21-63(23-25-91(67,68)69)47-57-43(51-33-11-15-37(16-12-33)95(79,80)81)55-45(59-47)53-35-9-7-31(39(27-35)97(85,86)87)5-6-32-8-10-36(28-40(32)98(88,89)90)54-46-56-44(52-34-13-17-38(18-14-34)96(82,83)84)58-48(60-46)64(24-26-92(70,71)72)22-20-42(66)62-50(3,4)30-94(76,77)78/h5-18,27-28H,19-26,29-30H2,1-4H3,(H,61,65)(H,62,66)(H,67,68,69)(H,70,71,72)(H,73,74,75)(H,76,77,78)(H,79,80,81)(H,82,83,84)(H,85,86,87)(H,88,89,90)(H2,51,53,55,57,59)(H2,52,54,56,58,60)/b6-5+. The SMILES string of the molecule is CC(C)(CS(=O)(=O)O)NC(=O)CCN(CCS(=O)(=O)O)c1nc(Nc2ccc(S(=O)(=O)O)cc2)nc(Nc2ccc(/C=C/c3ccc(Nc4nc(Nc5ccc(S(=O)(=O)O)cc5)nc(N(CCC(=O)NC(C)(C)CS(=O)(=O)O)CCS(=O)(=O)O)n4)cc3S(=O)(=O)O)c(S(=O)(=O)O)c2)n1. The second kappa shape index (κ2) is 30.4. The fraction of sp³-hybridized carbons (Fsp3) is 0.320. The van der Waals surface area contributed by atoms with Gasteiger partial charge in [-0.05, 0) is 112 Å². The van der Waals surface area contributed by atoms with Crippen LogP contribution < -0.4 is 41.7 Å². The molecule has 4 aromatic carbocycles. The maximum absolute atomic E-state index is 13.1. The zero-order valence-electron chi connectivity index (χ0n) is 51.1. The van der Waals surface area contributed by atoms with Crippen LogP contribution in [-0.2, 0) is 90.5 Å². The first kappa shape index (κ1) is 78.7. The van der Waals surface area contributed by atoms with Crippen LogP contribution in [0.25, 0.3) is 12.2 Å². The monoisotopic (exact) mass is 1530 g/mol. The summed E-state index contributed by atoms with van der Waals surface area (Å²) >= 11 is 0. The number of anilines is 10. The molecule has 0 aliphatic carbocycles. The average molecular weight is 1530 g/mol. The molecule has 6 aromatic rings. The van der Waals surface area contributed by atoms with Crippen molar-refractivity contribution in [1.29, 1.82) is 0 Å². The molecule has 0 aliphatic heterocycles. The first-order valence-corrected chi connectivity index (χ1v) is 39.5. The molecule has 0 unspecified atom stereocenters. The van der Waals surface area contributed by atoms with E-state index >= 15 is 0 Å². The predicted molar refractivity (Wildman–Crippen MR) is 351 cm³/mol. The summed E-state index contributed by atoms with van der Waals surface area (Å²) in [6, 6.07) is 14.7. The maximum atomic E-state index is 13.1. The number of aromatic nitrogens is 6. The zero-order valence-corrected chi connectivity index (χ0v) is 57.6. The number of benzene rings is 4. The molecule has 6 rings (SSSR count). The first-order chi connectivity index (χ1) is 44.8. The smallest absolute Gasteiger partial charge is 0.295 e. The Balaban J connectivity index is 1.37. The van der Waals surface area contributed by atoms with E-state index in [-0.39, 0.29) is 33.9 Å². The van der Waals surface area contributed by atoms with E-state index in [2.05, 4.69) is 61.8 Å². The minimum atomic E-state index is -5.27. The van der Waals surface area contributed by atoms with Crippen LogP contribution in [0.2, 0.25) is 0 Å². The van der Waals surface area contributed by atoms with Gasteiger partial charge in [0.05, 0.1) is 43.9 Å². The van der Waals surface area contributed by atoms with Crippen molar-refractivity contribution in [2.45, 2.75) is 71.2 Å². The number of carbonyl (C=O) groups excluding carboxylic acids is 2. The van der Waals surface area contributed by atoms with Gasteiger partial charge in [0.2, 0.25) is 47.5 Å². The fourth-order valence-corrected chi connectivity index (χ4v) is 14.0. The second-order valence-electron chi connectivity index (χ2n) is 22.2. The molecule has 0 bridgehead atoms. The van der Waals surface area contributed by atoms with Crippen molar-refractivity contribution >= 4 is 163 Å². The summed E-state index contributed by atoms with van der Waals surface area (Å²) in [4.78, 5) is 51.0. The summed E-state index contributed by atoms with van der Waals surface area (Å²) in [5, 5.41) is 15.6. The molecule has 2 amide bonds. The molecule has 0 fully saturated rings. The summed E-state index contributed by atoms with van der Waals surface area (Å²) in [5.41, 5.74) is -4.16. The van der Waals surface area contributed by atoms with E-state index < -0.39 is 221 Å². The van der Waals surface area contributed by atoms with Gasteiger partial charge < -0.3 is 41.7 Å². The number of rotatable bonds is 34. The van der Waals surface area contributed by atoms with Crippen LogP contribution >= 0.6 is 0 Å². The lowest BCUT2D eigenvalue weighted by Gasteiger charge is -2.26. The van der Waals surface area contributed by atoms with E-state index in [1.807, 2.05) is 0 Å². The van der Waals surface area contributed by atoms with Gasteiger partial charge in [0, 0.05) is 61.8 Å². The Morgan fingerprint density at radius 2 is 0.673 bits per heavy atom. The van der Waals surface area contributed by atoms with Gasteiger partial charge in [0.1, 0.15) is 9.79 Å². The molecular formula is C50H62N14O26S8. The Bertz CT molecular complexity index is 4690. The van der Waals surface area contributed by atoms with Crippen molar-refractivity contribution in [3.05, 3.63) is 96.1 Å². The van der Waals surface area contributed by atoms with Gasteiger partial charge in [-0.15, -0.1) is 0 Å². The molecule has 98 heavy (non-hydrogen) atoms. The van der Waals surface area contributed by atoms with E-state index in [4.69, 9.17) is 0 Å². The lowest BCUT2D eigenvalue weighted by atomic mass is 10.1. The number of amides is 2. The Hall–Kier alpha value is -8.34. The van der Waals surface area contributed by atoms with E-state index in [0.717, 1.165) is 94.7 Å². The van der Waals surface area contributed by atoms with E-state index in [1.54, 1.807) is 0 Å². The Kier molecular flexibility index (Phi) is 24.4. The quantitative estimate of drug-likeness (QED) is 0.0203. The minimum Gasteiger partial charge on any atom is -0.350 e. The zero-order chi connectivity index (χ0) is 73.4. The molecule has 0 saturated carbocycles. The van der Waals surface area contributed by atoms with Crippen LogP contribution in [-0.4, -0.2) is 206 Å². The van der Waals surface area contributed by atoms with E-state index in [1.165, 1.54) is 39.8 Å². The Morgan fingerprint density at radius 3 is 0.939 bits per heavy atom. The molecule has 536 valence electrons. The number of carbonyl (C=O) groups is 2. The summed E-state index contributed by atoms with van der Waals surface area (Å²) in [5.74, 6) is -8.34. The topological polar surface area (TPSA) is 625 Å². The highest BCUT2D eigenvalue weighted by Crippen LogP contribution is 2.30. The summed E-state index contributed by atoms with van der Waals surface area (Å²) < 4.78 is 272. The molecule has 40 nitrogen and oxygen atoms in total. The largest absolute Gasteiger partial charge is 0.350 e. The van der Waals surface area contributed by atoms with Gasteiger partial charge in [-0.1, -0.05) is 24.3 Å². The van der Waals surface area contributed by atoms with Gasteiger partial charge >= 0.3 is 0 Å². The van der Waals surface area contributed by atoms with Crippen molar-refractivity contribution in [2.75, 3.05) is 80.3 Å². The van der Waals surface area contributed by atoms with Crippen LogP contribution in [0.5, 0.6) is 0 Å². The first-order valence-electron chi connectivity index (χ1n) is 27.3. The fourth-order valence-electron chi connectivity index (χ4n) is 8.71. The predicted octanol–water partition coefficient (Wildman–Crippen LogP) is 1.92. The molecule has 48 heteroatoms. The molecule has 0 spiro atoms. The van der Waals surface area contributed by atoms with Gasteiger partial charge in [-0.25, -0.2) is 0 Å². The second-order valence-corrected chi connectivity index (χ2v) is 33.9. The highest BCUT2D eigenvalue weighted by molar-refractivity contribution is 7.87. The van der Waals surface area contributed by atoms with Crippen LogP contribution in [0.15, 0.2) is 105 Å². The third-order valence-electron chi connectivity index (χ3n) is 12.7. The van der Waals surface area contributed by atoms with Crippen molar-refractivity contribution in [3.63, 3.8) is 0 Å². The summed E-state index contributed by atoms with van der Waals surface area (Å²) in [6.07, 6.45) is 0.876. The lowest BCUT2D eigenvalue weighted by Crippen LogP contribution is -2.49. The van der Waals surface area contributed by atoms with Gasteiger partial charge in [-0.2, -0.15) is 97.2 Å². The number of nitrogens with zero attached hydrogens (tertiary/aromatic N) is 8. The van der Waals surface area contributed by atoms with Crippen molar-refractivity contribution in [2.24, 2.45) is 0 Å². The third kappa shape index (κ3) is 26.2. The van der Waals surface area contributed by atoms with Crippen LogP contribution in [0.3, 0.4) is 0 Å². The van der Waals surface area contributed by atoms with Gasteiger partial charge in [0.15, 0.2) is 0 Å². The van der Waals surface area contributed by atoms with Crippen molar-refractivity contribution in [1.82, 2.24) is 40.5 Å². The third-order valence-corrected chi connectivity index (χ3v) is 19.8. The van der Waals surface area contributed by atoms with Gasteiger partial charge in [-0.3, -0.25) is 46.0 Å². The highest BCUT2D eigenvalue weighted by atomic mass is 32.2. The van der Waals surface area contributed by atoms with Crippen molar-refractivity contribution in [3.8, 4) is 0 Å². The molecule has 14 N–H and O–H groups in total. The minimum absolute atomic E-state index is 0.0503. The Morgan fingerprint density at radius 1 is 0.388 bits per heavy atom. The number of hydrogen-bond donors (Lipinski definition) is 14. The highest BCUT2D eigenvalue weighted by Gasteiger charge is 2.30. The number of hydrogen-bond acceptors (Lipinski definition) is 30.